The molecule has 0 aliphatic rings. The van der Waals surface area contributed by atoms with Crippen LogP contribution in [0.25, 0.3) is 64.6 Å². The maximum atomic E-state index is 13.3. The maximum Gasteiger partial charge on any atom is 0.234 e. The summed E-state index contributed by atoms with van der Waals surface area (Å²) in [4.78, 5) is 52.6. The fourth-order valence-electron chi connectivity index (χ4n) is 5.77. The molecule has 38 heavy (non-hydrogen) atoms. The summed E-state index contributed by atoms with van der Waals surface area (Å²) < 4.78 is 10.9. The summed E-state index contributed by atoms with van der Waals surface area (Å²) in [5, 5.41) is 6.66. The second-order valence-electron chi connectivity index (χ2n) is 9.38. The van der Waals surface area contributed by atoms with Crippen molar-refractivity contribution in [3.63, 3.8) is 0 Å². The Balaban J connectivity index is 1.91. The minimum Gasteiger partial charge on any atom is -0.497 e. The molecular formula is C32H18O6. The fraction of sp³-hybridized carbons (Fsp3) is 0.0625. The monoisotopic (exact) mass is 498 g/mol. The molecule has 0 saturated carbocycles. The topological polar surface area (TPSA) is 86.7 Å². The van der Waals surface area contributed by atoms with Crippen molar-refractivity contribution >= 4 is 64.6 Å². The predicted octanol–water partition coefficient (Wildman–Crippen LogP) is 4.94. The SMILES string of the molecule is COc1ccc2c(=O)c(=O)c3ccc4ccc5ccc6c(=O)c(=O)c7ccc(OC)cc7c6c5c4c3c2c1. The third-order valence-electron chi connectivity index (χ3n) is 7.55. The van der Waals surface area contributed by atoms with Crippen LogP contribution in [0, 0.1) is 0 Å². The molecule has 0 spiro atoms. The molecule has 6 nitrogen and oxygen atoms in total. The van der Waals surface area contributed by atoms with Crippen molar-refractivity contribution in [3.05, 3.63) is 114 Å². The summed E-state index contributed by atoms with van der Waals surface area (Å²) in [5.74, 6) is 1.10. The highest BCUT2D eigenvalue weighted by molar-refractivity contribution is 6.35. The molecule has 0 aliphatic heterocycles. The quantitative estimate of drug-likeness (QED) is 0.248. The van der Waals surface area contributed by atoms with E-state index in [-0.39, 0.29) is 10.8 Å². The van der Waals surface area contributed by atoms with Crippen LogP contribution in [0.15, 0.2) is 92.0 Å². The van der Waals surface area contributed by atoms with Crippen molar-refractivity contribution in [2.75, 3.05) is 14.2 Å². The first kappa shape index (κ1) is 22.1. The average Bonchev–Trinajstić information content (AvgIpc) is 2.96. The van der Waals surface area contributed by atoms with Crippen LogP contribution in [-0.2, 0) is 0 Å². The zero-order valence-electron chi connectivity index (χ0n) is 20.4. The van der Waals surface area contributed by atoms with E-state index in [2.05, 4.69) is 0 Å². The van der Waals surface area contributed by atoms with Gasteiger partial charge >= 0.3 is 0 Å². The van der Waals surface area contributed by atoms with E-state index in [1.165, 1.54) is 0 Å². The molecule has 0 amide bonds. The van der Waals surface area contributed by atoms with Gasteiger partial charge < -0.3 is 9.47 Å². The summed E-state index contributed by atoms with van der Waals surface area (Å²) in [5.41, 5.74) is -2.33. The molecule has 0 saturated heterocycles. The highest BCUT2D eigenvalue weighted by Crippen LogP contribution is 2.40. The highest BCUT2D eigenvalue weighted by atomic mass is 16.5. The normalized spacial score (nSPS) is 11.8. The van der Waals surface area contributed by atoms with Gasteiger partial charge in [-0.2, -0.15) is 0 Å². The zero-order valence-corrected chi connectivity index (χ0v) is 20.4. The van der Waals surface area contributed by atoms with Gasteiger partial charge in [0.2, 0.25) is 21.7 Å². The summed E-state index contributed by atoms with van der Waals surface area (Å²) in [7, 11) is 3.08. The summed E-state index contributed by atoms with van der Waals surface area (Å²) >= 11 is 0. The van der Waals surface area contributed by atoms with Gasteiger partial charge in [-0.05, 0) is 80.8 Å². The molecule has 0 aromatic heterocycles. The van der Waals surface area contributed by atoms with Crippen molar-refractivity contribution in [1.29, 1.82) is 0 Å². The van der Waals surface area contributed by atoms with Crippen molar-refractivity contribution in [3.8, 4) is 11.5 Å². The first-order chi connectivity index (χ1) is 18.4. The molecule has 7 aromatic rings. The van der Waals surface area contributed by atoms with Crippen molar-refractivity contribution < 1.29 is 9.47 Å². The molecule has 0 aliphatic carbocycles. The summed E-state index contributed by atoms with van der Waals surface area (Å²) in [6.45, 7) is 0. The Labute approximate surface area is 213 Å². The lowest BCUT2D eigenvalue weighted by Gasteiger charge is -2.14. The molecule has 0 heterocycles. The third kappa shape index (κ3) is 2.77. The molecule has 0 fully saturated rings. The van der Waals surface area contributed by atoms with Gasteiger partial charge in [-0.25, -0.2) is 0 Å². The molecule has 6 heteroatoms. The molecule has 0 bridgehead atoms. The third-order valence-corrected chi connectivity index (χ3v) is 7.55. The highest BCUT2D eigenvalue weighted by Gasteiger charge is 2.19. The number of hydrogen-bond acceptors (Lipinski definition) is 6. The first-order valence-electron chi connectivity index (χ1n) is 12.0. The van der Waals surface area contributed by atoms with E-state index in [1.54, 1.807) is 62.8 Å². The van der Waals surface area contributed by atoms with Crippen LogP contribution < -0.4 is 31.2 Å². The van der Waals surface area contributed by atoms with E-state index in [1.807, 2.05) is 24.3 Å². The second-order valence-corrected chi connectivity index (χ2v) is 9.38. The Bertz CT molecular complexity index is 2230. The Morgan fingerprint density at radius 3 is 1.13 bits per heavy atom. The molecule has 0 unspecified atom stereocenters. The minimum absolute atomic E-state index is 0.289. The Morgan fingerprint density at radius 1 is 0.395 bits per heavy atom. The Hall–Kier alpha value is -5.10. The number of hydrogen-bond donors (Lipinski definition) is 0. The van der Waals surface area contributed by atoms with Crippen LogP contribution in [0.3, 0.4) is 0 Å². The van der Waals surface area contributed by atoms with E-state index < -0.39 is 21.7 Å². The Kier molecular flexibility index (Phi) is 4.48. The smallest absolute Gasteiger partial charge is 0.234 e. The van der Waals surface area contributed by atoms with Gasteiger partial charge in [-0.15, -0.1) is 0 Å². The van der Waals surface area contributed by atoms with Crippen LogP contribution >= 0.6 is 0 Å². The number of benzene rings is 7. The molecule has 0 N–H and O–H groups in total. The molecule has 7 aromatic carbocycles. The lowest BCUT2D eigenvalue weighted by atomic mass is 9.88. The molecule has 0 radical (unpaired) electrons. The van der Waals surface area contributed by atoms with Crippen molar-refractivity contribution in [1.82, 2.24) is 0 Å². The van der Waals surface area contributed by atoms with E-state index in [9.17, 15) is 19.2 Å². The van der Waals surface area contributed by atoms with Gasteiger partial charge in [-0.3, -0.25) is 19.2 Å². The summed E-state index contributed by atoms with van der Waals surface area (Å²) in [6, 6.07) is 20.9. The van der Waals surface area contributed by atoms with Crippen LogP contribution in [0.2, 0.25) is 0 Å². The lowest BCUT2D eigenvalue weighted by Crippen LogP contribution is -2.24. The fourth-order valence-corrected chi connectivity index (χ4v) is 5.77. The second kappa shape index (κ2) is 7.70. The van der Waals surface area contributed by atoms with Gasteiger partial charge in [0, 0.05) is 32.3 Å². The van der Waals surface area contributed by atoms with Gasteiger partial charge in [-0.1, -0.05) is 24.3 Å². The van der Waals surface area contributed by atoms with E-state index in [4.69, 9.17) is 9.47 Å². The van der Waals surface area contributed by atoms with E-state index in [0.29, 0.717) is 43.8 Å². The van der Waals surface area contributed by atoms with Crippen LogP contribution in [0.4, 0.5) is 0 Å². The standard InChI is InChI=1S/C32H18O6/c1-37-17-7-11-19-23(13-17)27-21(31(35)29(19)33)9-5-15-3-4-16-6-10-22-28(26(16)25(15)27)24-14-18(38-2)8-12-20(24)30(34)32(22)36/h3-14H,1-2H3. The number of fused-ring (bicyclic) bond motifs is 11. The molecule has 182 valence electrons. The van der Waals surface area contributed by atoms with Crippen molar-refractivity contribution in [2.45, 2.75) is 0 Å². The van der Waals surface area contributed by atoms with Gasteiger partial charge in [0.1, 0.15) is 11.5 Å². The molecule has 0 atom stereocenters. The zero-order chi connectivity index (χ0) is 26.3. The lowest BCUT2D eigenvalue weighted by molar-refractivity contribution is 0.415. The van der Waals surface area contributed by atoms with Gasteiger partial charge in [0.25, 0.3) is 0 Å². The van der Waals surface area contributed by atoms with Crippen LogP contribution in [-0.4, -0.2) is 14.2 Å². The first-order valence-corrected chi connectivity index (χ1v) is 12.0. The molecule has 7 rings (SSSR count). The van der Waals surface area contributed by atoms with Crippen LogP contribution in [0.5, 0.6) is 11.5 Å². The number of rotatable bonds is 2. The Morgan fingerprint density at radius 2 is 0.737 bits per heavy atom. The number of methoxy groups -OCH3 is 2. The van der Waals surface area contributed by atoms with Crippen molar-refractivity contribution in [2.24, 2.45) is 0 Å². The molecular weight excluding hydrogens is 480 g/mol. The average molecular weight is 498 g/mol. The number of ether oxygens (including phenoxy) is 2. The largest absolute Gasteiger partial charge is 0.497 e. The van der Waals surface area contributed by atoms with Gasteiger partial charge in [0.15, 0.2) is 0 Å². The van der Waals surface area contributed by atoms with E-state index >= 15 is 0 Å². The van der Waals surface area contributed by atoms with Gasteiger partial charge in [0.05, 0.1) is 14.2 Å². The maximum absolute atomic E-state index is 13.3. The minimum atomic E-state index is -0.588. The van der Waals surface area contributed by atoms with E-state index in [0.717, 1.165) is 21.5 Å². The van der Waals surface area contributed by atoms with Crippen LogP contribution in [0.1, 0.15) is 0 Å². The predicted molar refractivity (Wildman–Crippen MR) is 152 cm³/mol. The summed E-state index contributed by atoms with van der Waals surface area (Å²) in [6.07, 6.45) is 0.